The molecule has 1 saturated heterocycles. The van der Waals surface area contributed by atoms with Crippen molar-refractivity contribution in [2.24, 2.45) is 5.92 Å². The van der Waals surface area contributed by atoms with Gasteiger partial charge in [-0.1, -0.05) is 0 Å². The van der Waals surface area contributed by atoms with Crippen LogP contribution in [0.25, 0.3) is 11.3 Å². The van der Waals surface area contributed by atoms with Crippen LogP contribution in [0.3, 0.4) is 0 Å². The van der Waals surface area contributed by atoms with Gasteiger partial charge in [0.25, 0.3) is 5.69 Å². The highest BCUT2D eigenvalue weighted by atomic mass is 16.6. The number of rotatable bonds is 6. The third-order valence-electron chi connectivity index (χ3n) is 5.83. The number of carbonyl (C=O) groups is 1. The summed E-state index contributed by atoms with van der Waals surface area (Å²) in [6.07, 6.45) is 1.63. The predicted molar refractivity (Wildman–Crippen MR) is 125 cm³/mol. The van der Waals surface area contributed by atoms with Gasteiger partial charge in [-0.15, -0.1) is 10.2 Å². The number of carbonyl (C=O) groups excluding carboxylic acids is 1. The number of aromatic nitrogens is 2. The van der Waals surface area contributed by atoms with Crippen LogP contribution in [0.4, 0.5) is 17.2 Å². The molecule has 33 heavy (non-hydrogen) atoms. The first-order chi connectivity index (χ1) is 15.9. The maximum Gasteiger partial charge on any atom is 0.269 e. The molecule has 0 bridgehead atoms. The number of hydrogen-bond acceptors (Lipinski definition) is 7. The first kappa shape index (κ1) is 22.2. The van der Waals surface area contributed by atoms with E-state index in [1.165, 1.54) is 12.1 Å². The minimum Gasteiger partial charge on any atom is -0.497 e. The maximum absolute atomic E-state index is 12.9. The fourth-order valence-electron chi connectivity index (χ4n) is 3.95. The second-order valence-electron chi connectivity index (χ2n) is 8.04. The van der Waals surface area contributed by atoms with Crippen LogP contribution >= 0.6 is 0 Å². The molecule has 1 aliphatic rings. The quantitative estimate of drug-likeness (QED) is 0.445. The van der Waals surface area contributed by atoms with Crippen molar-refractivity contribution in [1.29, 1.82) is 0 Å². The van der Waals surface area contributed by atoms with Crippen LogP contribution in [0.15, 0.2) is 54.6 Å². The SMILES string of the molecule is COc1ccc(-c2ccc(N3CCCC(C(=O)Nc4ccc([N+](=O)[O-])cc4C)C3)nn2)cc1. The zero-order valence-electron chi connectivity index (χ0n) is 18.5. The van der Waals surface area contributed by atoms with Crippen molar-refractivity contribution in [2.45, 2.75) is 19.8 Å². The van der Waals surface area contributed by atoms with E-state index in [0.717, 1.165) is 42.2 Å². The van der Waals surface area contributed by atoms with Crippen LogP contribution in [-0.2, 0) is 4.79 Å². The zero-order valence-corrected chi connectivity index (χ0v) is 18.5. The molecule has 4 rings (SSSR count). The lowest BCUT2D eigenvalue weighted by Gasteiger charge is -2.32. The minimum atomic E-state index is -0.446. The van der Waals surface area contributed by atoms with Gasteiger partial charge in [0.1, 0.15) is 5.75 Å². The number of aryl methyl sites for hydroxylation is 1. The van der Waals surface area contributed by atoms with Crippen molar-refractivity contribution in [3.8, 4) is 17.0 Å². The van der Waals surface area contributed by atoms with Crippen molar-refractivity contribution in [3.05, 3.63) is 70.3 Å². The molecular weight excluding hydrogens is 422 g/mol. The number of ether oxygens (including phenoxy) is 1. The summed E-state index contributed by atoms with van der Waals surface area (Å²) in [6.45, 7) is 3.08. The molecule has 0 aliphatic carbocycles. The lowest BCUT2D eigenvalue weighted by atomic mass is 9.96. The monoisotopic (exact) mass is 447 g/mol. The van der Waals surface area contributed by atoms with Gasteiger partial charge in [-0.2, -0.15) is 0 Å². The van der Waals surface area contributed by atoms with E-state index in [2.05, 4.69) is 20.4 Å². The van der Waals surface area contributed by atoms with E-state index in [4.69, 9.17) is 4.74 Å². The summed E-state index contributed by atoms with van der Waals surface area (Å²) < 4.78 is 5.19. The molecule has 3 aromatic rings. The highest BCUT2D eigenvalue weighted by Crippen LogP contribution is 2.26. The van der Waals surface area contributed by atoms with E-state index in [9.17, 15) is 14.9 Å². The standard InChI is InChI=1S/C24H25N5O4/c1-16-14-19(29(31)32)7-10-21(16)25-24(30)18-4-3-13-28(15-18)23-12-11-22(26-27-23)17-5-8-20(33-2)9-6-17/h5-12,14,18H,3-4,13,15H2,1-2H3,(H,25,30). The van der Waals surface area contributed by atoms with E-state index in [1.807, 2.05) is 36.4 Å². The van der Waals surface area contributed by atoms with Gasteiger partial charge in [-0.05, 0) is 67.8 Å². The van der Waals surface area contributed by atoms with Crippen LogP contribution in [0, 0.1) is 23.0 Å². The van der Waals surface area contributed by atoms with Crippen LogP contribution in [0.2, 0.25) is 0 Å². The molecule has 1 aliphatic heterocycles. The molecule has 1 N–H and O–H groups in total. The number of benzene rings is 2. The highest BCUT2D eigenvalue weighted by molar-refractivity contribution is 5.93. The number of nitrogens with one attached hydrogen (secondary N) is 1. The van der Waals surface area contributed by atoms with Gasteiger partial charge in [-0.3, -0.25) is 14.9 Å². The maximum atomic E-state index is 12.9. The van der Waals surface area contributed by atoms with E-state index in [0.29, 0.717) is 17.8 Å². The van der Waals surface area contributed by atoms with Gasteiger partial charge in [0.2, 0.25) is 5.91 Å². The molecule has 0 radical (unpaired) electrons. The predicted octanol–water partition coefficient (Wildman–Crippen LogP) is 4.22. The highest BCUT2D eigenvalue weighted by Gasteiger charge is 2.27. The van der Waals surface area contributed by atoms with E-state index < -0.39 is 4.92 Å². The van der Waals surface area contributed by atoms with Gasteiger partial charge in [0, 0.05) is 36.5 Å². The number of nitrogens with zero attached hydrogens (tertiary/aromatic N) is 4. The van der Waals surface area contributed by atoms with Crippen molar-refractivity contribution in [2.75, 3.05) is 30.4 Å². The molecule has 2 aromatic carbocycles. The fraction of sp³-hybridized carbons (Fsp3) is 0.292. The number of nitro benzene ring substituents is 1. The minimum absolute atomic E-state index is 0.00556. The summed E-state index contributed by atoms with van der Waals surface area (Å²) in [5.74, 6) is 1.21. The largest absolute Gasteiger partial charge is 0.497 e. The number of nitro groups is 1. The molecule has 1 amide bonds. The van der Waals surface area contributed by atoms with Crippen molar-refractivity contribution < 1.29 is 14.5 Å². The first-order valence-corrected chi connectivity index (χ1v) is 10.7. The van der Waals surface area contributed by atoms with Gasteiger partial charge in [0.15, 0.2) is 5.82 Å². The smallest absolute Gasteiger partial charge is 0.269 e. The van der Waals surface area contributed by atoms with Crippen molar-refractivity contribution in [1.82, 2.24) is 10.2 Å². The third-order valence-corrected chi connectivity index (χ3v) is 5.83. The number of piperidine rings is 1. The number of methoxy groups -OCH3 is 1. The molecule has 1 fully saturated rings. The summed E-state index contributed by atoms with van der Waals surface area (Å²) in [5, 5.41) is 22.6. The van der Waals surface area contributed by atoms with Gasteiger partial charge in [-0.25, -0.2) is 0 Å². The molecule has 0 spiro atoms. The molecule has 170 valence electrons. The Balaban J connectivity index is 1.41. The number of anilines is 2. The van der Waals surface area contributed by atoms with E-state index in [-0.39, 0.29) is 17.5 Å². The van der Waals surface area contributed by atoms with Crippen LogP contribution in [-0.4, -0.2) is 41.2 Å². The Hall–Kier alpha value is -4.01. The summed E-state index contributed by atoms with van der Waals surface area (Å²) >= 11 is 0. The fourth-order valence-corrected chi connectivity index (χ4v) is 3.95. The lowest BCUT2D eigenvalue weighted by Crippen LogP contribution is -2.41. The molecule has 1 aromatic heterocycles. The second-order valence-corrected chi connectivity index (χ2v) is 8.04. The molecule has 1 unspecified atom stereocenters. The Morgan fingerprint density at radius 3 is 2.58 bits per heavy atom. The number of amides is 1. The molecule has 0 saturated carbocycles. The van der Waals surface area contributed by atoms with Crippen LogP contribution < -0.4 is 15.0 Å². The zero-order chi connectivity index (χ0) is 23.4. The van der Waals surface area contributed by atoms with E-state index >= 15 is 0 Å². The normalized spacial score (nSPS) is 15.7. The summed E-state index contributed by atoms with van der Waals surface area (Å²) in [6, 6.07) is 15.9. The lowest BCUT2D eigenvalue weighted by molar-refractivity contribution is -0.384. The Labute approximate surface area is 191 Å². The second kappa shape index (κ2) is 9.64. The number of hydrogen-bond donors (Lipinski definition) is 1. The van der Waals surface area contributed by atoms with Gasteiger partial charge in [0.05, 0.1) is 23.6 Å². The topological polar surface area (TPSA) is 110 Å². The van der Waals surface area contributed by atoms with Crippen LogP contribution in [0.5, 0.6) is 5.75 Å². The third kappa shape index (κ3) is 5.08. The van der Waals surface area contributed by atoms with Crippen molar-refractivity contribution in [3.63, 3.8) is 0 Å². The Kier molecular flexibility index (Phi) is 6.48. The average molecular weight is 447 g/mol. The van der Waals surface area contributed by atoms with E-state index in [1.54, 1.807) is 20.1 Å². The summed E-state index contributed by atoms with van der Waals surface area (Å²) in [4.78, 5) is 25.4. The Morgan fingerprint density at radius 2 is 1.94 bits per heavy atom. The molecule has 1 atom stereocenters. The summed E-state index contributed by atoms with van der Waals surface area (Å²) in [5.41, 5.74) is 2.97. The van der Waals surface area contributed by atoms with Crippen molar-refractivity contribution >= 4 is 23.1 Å². The van der Waals surface area contributed by atoms with Gasteiger partial charge < -0.3 is 15.0 Å². The molecular formula is C24H25N5O4. The number of non-ortho nitro benzene ring substituents is 1. The molecule has 9 nitrogen and oxygen atoms in total. The molecule has 2 heterocycles. The first-order valence-electron chi connectivity index (χ1n) is 10.7. The average Bonchev–Trinajstić information content (AvgIpc) is 2.85. The van der Waals surface area contributed by atoms with Gasteiger partial charge >= 0.3 is 0 Å². The Bertz CT molecular complexity index is 1150. The molecule has 9 heteroatoms. The van der Waals surface area contributed by atoms with Crippen LogP contribution in [0.1, 0.15) is 18.4 Å². The summed E-state index contributed by atoms with van der Waals surface area (Å²) in [7, 11) is 1.63. The Morgan fingerprint density at radius 1 is 1.15 bits per heavy atom.